The lowest BCUT2D eigenvalue weighted by Crippen LogP contribution is -2.21. The lowest BCUT2D eigenvalue weighted by Gasteiger charge is -2.22. The average molecular weight is 263 g/mol. The van der Waals surface area contributed by atoms with E-state index in [1.807, 2.05) is 4.68 Å². The molecule has 5 heteroatoms. The number of carbonyl (C=O) groups excluding carboxylic acids is 1. The summed E-state index contributed by atoms with van der Waals surface area (Å²) in [5, 5.41) is 4.70. The summed E-state index contributed by atoms with van der Waals surface area (Å²) in [7, 11) is 1.42. The smallest absolute Gasteiger partial charge is 0.327 e. The van der Waals surface area contributed by atoms with E-state index in [-0.39, 0.29) is 12.5 Å². The van der Waals surface area contributed by atoms with E-state index >= 15 is 0 Å². The fraction of sp³-hybridized carbons (Fsp3) is 0.714. The van der Waals surface area contributed by atoms with Crippen molar-refractivity contribution in [3.63, 3.8) is 0 Å². The number of rotatable bonds is 4. The largest absolute Gasteiger partial charge is 0.468 e. The zero-order valence-corrected chi connectivity index (χ0v) is 11.4. The standard InChI is InChI=1S/C14H21N3O2/c1-19-12(18)8-17-11-4-2-3-10(7-15)13(11)14(16-17)9-5-6-9/h9-10H,2-8,15H2,1H3. The first kappa shape index (κ1) is 12.7. The van der Waals surface area contributed by atoms with Crippen molar-refractivity contribution in [3.8, 4) is 0 Å². The molecule has 2 aliphatic rings. The van der Waals surface area contributed by atoms with Gasteiger partial charge in [0.2, 0.25) is 0 Å². The van der Waals surface area contributed by atoms with Gasteiger partial charge >= 0.3 is 5.97 Å². The van der Waals surface area contributed by atoms with Gasteiger partial charge in [0.05, 0.1) is 12.8 Å². The quantitative estimate of drug-likeness (QED) is 0.832. The first-order valence-corrected chi connectivity index (χ1v) is 7.11. The van der Waals surface area contributed by atoms with E-state index < -0.39 is 0 Å². The summed E-state index contributed by atoms with van der Waals surface area (Å²) in [5.74, 6) is 0.785. The van der Waals surface area contributed by atoms with Crippen LogP contribution in [-0.4, -0.2) is 29.4 Å². The molecule has 0 aliphatic heterocycles. The molecular formula is C14H21N3O2. The van der Waals surface area contributed by atoms with Gasteiger partial charge in [-0.1, -0.05) is 0 Å². The van der Waals surface area contributed by atoms with Crippen molar-refractivity contribution >= 4 is 5.97 Å². The lowest BCUT2D eigenvalue weighted by atomic mass is 9.84. The van der Waals surface area contributed by atoms with Crippen molar-refractivity contribution in [2.24, 2.45) is 5.73 Å². The Kier molecular flexibility index (Phi) is 3.31. The van der Waals surface area contributed by atoms with Crippen LogP contribution in [0.1, 0.15) is 54.5 Å². The summed E-state index contributed by atoms with van der Waals surface area (Å²) in [6.07, 6.45) is 5.72. The van der Waals surface area contributed by atoms with Gasteiger partial charge in [-0.15, -0.1) is 0 Å². The number of nitrogens with zero attached hydrogens (tertiary/aromatic N) is 2. The predicted molar refractivity (Wildman–Crippen MR) is 71.0 cm³/mol. The Hall–Kier alpha value is -1.36. The summed E-state index contributed by atoms with van der Waals surface area (Å²) in [6.45, 7) is 0.902. The molecule has 0 bridgehead atoms. The molecule has 19 heavy (non-hydrogen) atoms. The number of carbonyl (C=O) groups is 1. The van der Waals surface area contributed by atoms with Crippen molar-refractivity contribution in [3.05, 3.63) is 17.0 Å². The van der Waals surface area contributed by atoms with E-state index in [0.29, 0.717) is 18.4 Å². The Bertz CT molecular complexity index is 491. The molecule has 3 rings (SSSR count). The van der Waals surface area contributed by atoms with Crippen LogP contribution in [0, 0.1) is 0 Å². The molecule has 5 nitrogen and oxygen atoms in total. The van der Waals surface area contributed by atoms with E-state index in [0.717, 1.165) is 19.3 Å². The van der Waals surface area contributed by atoms with Gasteiger partial charge in [0.1, 0.15) is 6.54 Å². The monoisotopic (exact) mass is 263 g/mol. The van der Waals surface area contributed by atoms with Crippen molar-refractivity contribution < 1.29 is 9.53 Å². The highest BCUT2D eigenvalue weighted by Gasteiger charge is 2.35. The maximum Gasteiger partial charge on any atom is 0.327 e. The Morgan fingerprint density at radius 3 is 2.89 bits per heavy atom. The van der Waals surface area contributed by atoms with Crippen molar-refractivity contribution in [2.45, 2.75) is 50.5 Å². The van der Waals surface area contributed by atoms with Crippen LogP contribution in [0.3, 0.4) is 0 Å². The zero-order chi connectivity index (χ0) is 13.4. The summed E-state index contributed by atoms with van der Waals surface area (Å²) < 4.78 is 6.62. The van der Waals surface area contributed by atoms with E-state index in [9.17, 15) is 4.79 Å². The van der Waals surface area contributed by atoms with Gasteiger partial charge < -0.3 is 10.5 Å². The highest BCUT2D eigenvalue weighted by atomic mass is 16.5. The third-order valence-corrected chi connectivity index (χ3v) is 4.26. The van der Waals surface area contributed by atoms with E-state index in [4.69, 9.17) is 15.6 Å². The molecule has 0 aromatic carbocycles. The van der Waals surface area contributed by atoms with Gasteiger partial charge in [-0.05, 0) is 44.6 Å². The van der Waals surface area contributed by atoms with Crippen molar-refractivity contribution in [1.82, 2.24) is 9.78 Å². The van der Waals surface area contributed by atoms with Gasteiger partial charge in [-0.2, -0.15) is 5.10 Å². The number of hydrogen-bond acceptors (Lipinski definition) is 4. The van der Waals surface area contributed by atoms with Gasteiger partial charge in [-0.3, -0.25) is 9.48 Å². The Balaban J connectivity index is 1.99. The fourth-order valence-electron chi connectivity index (χ4n) is 3.11. The molecule has 1 saturated carbocycles. The number of esters is 1. The number of ether oxygens (including phenoxy) is 1. The van der Waals surface area contributed by atoms with Gasteiger partial charge in [-0.25, -0.2) is 0 Å². The first-order chi connectivity index (χ1) is 9.24. The Morgan fingerprint density at radius 2 is 2.26 bits per heavy atom. The van der Waals surface area contributed by atoms with Gasteiger partial charge in [0.25, 0.3) is 0 Å². The molecule has 1 aromatic rings. The fourth-order valence-corrected chi connectivity index (χ4v) is 3.11. The minimum absolute atomic E-state index is 0.225. The SMILES string of the molecule is COC(=O)Cn1nc(C2CC2)c2c1CCCC2CN. The zero-order valence-electron chi connectivity index (χ0n) is 11.4. The minimum atomic E-state index is -0.234. The maximum absolute atomic E-state index is 11.5. The van der Waals surface area contributed by atoms with Crippen LogP contribution in [0.15, 0.2) is 0 Å². The molecule has 2 N–H and O–H groups in total. The third-order valence-electron chi connectivity index (χ3n) is 4.26. The van der Waals surface area contributed by atoms with Gasteiger partial charge in [0, 0.05) is 17.2 Å². The first-order valence-electron chi connectivity index (χ1n) is 7.11. The second kappa shape index (κ2) is 4.96. The average Bonchev–Trinajstić information content (AvgIpc) is 3.22. The highest BCUT2D eigenvalue weighted by Crippen LogP contribution is 2.45. The van der Waals surface area contributed by atoms with Crippen LogP contribution in [0.2, 0.25) is 0 Å². The molecule has 1 fully saturated rings. The molecule has 104 valence electrons. The van der Waals surface area contributed by atoms with Crippen molar-refractivity contribution in [2.75, 3.05) is 13.7 Å². The van der Waals surface area contributed by atoms with Crippen LogP contribution < -0.4 is 5.73 Å². The summed E-state index contributed by atoms with van der Waals surface area (Å²) in [5.41, 5.74) is 9.68. The topological polar surface area (TPSA) is 70.1 Å². The number of aromatic nitrogens is 2. The van der Waals surface area contributed by atoms with Gasteiger partial charge in [0.15, 0.2) is 0 Å². The summed E-state index contributed by atoms with van der Waals surface area (Å²) in [6, 6.07) is 0. The van der Waals surface area contributed by atoms with E-state index in [2.05, 4.69) is 0 Å². The third kappa shape index (κ3) is 2.27. The molecule has 1 aromatic heterocycles. The molecule has 0 saturated heterocycles. The van der Waals surface area contributed by atoms with E-state index in [1.54, 1.807) is 0 Å². The molecule has 1 heterocycles. The normalized spacial score (nSPS) is 22.1. The Morgan fingerprint density at radius 1 is 1.47 bits per heavy atom. The number of nitrogens with two attached hydrogens (primary N) is 1. The second-order valence-electron chi connectivity index (χ2n) is 5.58. The van der Waals surface area contributed by atoms with Crippen LogP contribution in [-0.2, 0) is 22.5 Å². The number of methoxy groups -OCH3 is 1. The summed E-state index contributed by atoms with van der Waals surface area (Å²) in [4.78, 5) is 11.5. The molecule has 0 spiro atoms. The predicted octanol–water partition coefficient (Wildman–Crippen LogP) is 1.31. The molecular weight excluding hydrogens is 242 g/mol. The highest BCUT2D eigenvalue weighted by molar-refractivity contribution is 5.69. The molecule has 1 unspecified atom stereocenters. The molecule has 0 radical (unpaired) electrons. The molecule has 2 aliphatic carbocycles. The van der Waals surface area contributed by atoms with Crippen LogP contribution in [0.25, 0.3) is 0 Å². The minimum Gasteiger partial charge on any atom is -0.468 e. The Labute approximate surface area is 113 Å². The van der Waals surface area contributed by atoms with Crippen LogP contribution >= 0.6 is 0 Å². The van der Waals surface area contributed by atoms with Crippen molar-refractivity contribution in [1.29, 1.82) is 0 Å². The lowest BCUT2D eigenvalue weighted by molar-refractivity contribution is -0.141. The maximum atomic E-state index is 11.5. The number of fused-ring (bicyclic) bond motifs is 1. The number of hydrogen-bond donors (Lipinski definition) is 1. The second-order valence-corrected chi connectivity index (χ2v) is 5.58. The van der Waals surface area contributed by atoms with E-state index in [1.165, 1.54) is 36.9 Å². The molecule has 1 atom stereocenters. The van der Waals surface area contributed by atoms with Crippen LogP contribution in [0.4, 0.5) is 0 Å². The summed E-state index contributed by atoms with van der Waals surface area (Å²) >= 11 is 0. The van der Waals surface area contributed by atoms with Crippen LogP contribution in [0.5, 0.6) is 0 Å². The molecule has 0 amide bonds.